The number of fused-ring (bicyclic) bond motifs is 2. The maximum atomic E-state index is 9.63. The largest absolute Gasteiger partial charge is 0.543 e. The van der Waals surface area contributed by atoms with Gasteiger partial charge in [0.25, 0.3) is 8.32 Å². The summed E-state index contributed by atoms with van der Waals surface area (Å²) in [6.07, 6.45) is 4.40. The van der Waals surface area contributed by atoms with Gasteiger partial charge in [-0.3, -0.25) is 0 Å². The van der Waals surface area contributed by atoms with Crippen molar-refractivity contribution in [3.63, 3.8) is 0 Å². The molecule has 0 aliphatic heterocycles. The fraction of sp³-hybridized carbons (Fsp3) is 0.273. The topological polar surface area (TPSA) is 35.9 Å². The van der Waals surface area contributed by atoms with Crippen LogP contribution in [-0.4, -0.2) is 13.4 Å². The van der Waals surface area contributed by atoms with Gasteiger partial charge in [-0.2, -0.15) is 0 Å². The lowest BCUT2D eigenvalue weighted by atomic mass is 9.84. The fourth-order valence-electron chi connectivity index (χ4n) is 12.9. The van der Waals surface area contributed by atoms with Crippen LogP contribution in [-0.2, 0) is 0 Å². The predicted octanol–water partition coefficient (Wildman–Crippen LogP) is 23.3. The fourth-order valence-corrected chi connectivity index (χ4v) is 18.2. The monoisotopic (exact) mass is 1100 g/mol. The highest BCUT2D eigenvalue weighted by molar-refractivity contribution is 6.78. The van der Waals surface area contributed by atoms with Crippen LogP contribution in [0, 0.1) is 0 Å². The number of nitrogens with zero attached hydrogens (tertiary/aromatic N) is 2. The minimum atomic E-state index is -1.96. The molecule has 0 aliphatic rings. The molecule has 0 fully saturated rings. The smallest absolute Gasteiger partial charge is 0.258 e. The molecular formula is C77H86N2O2Si. The number of anilines is 6. The zero-order chi connectivity index (χ0) is 57.8. The first kappa shape index (κ1) is 58.8. The van der Waals surface area contributed by atoms with E-state index < -0.39 is 8.32 Å². The lowest BCUT2D eigenvalue weighted by molar-refractivity contribution is 0.474. The molecule has 0 radical (unpaired) electrons. The molecule has 0 aliphatic carbocycles. The second-order valence-corrected chi connectivity index (χ2v) is 29.0. The van der Waals surface area contributed by atoms with Crippen molar-refractivity contribution < 1.29 is 9.53 Å². The second kappa shape index (κ2) is 27.3. The third kappa shape index (κ3) is 13.7. The Balaban J connectivity index is 0.000000203. The van der Waals surface area contributed by atoms with Gasteiger partial charge in [0.1, 0.15) is 11.5 Å². The van der Waals surface area contributed by atoms with Gasteiger partial charge in [0.15, 0.2) is 0 Å². The molecule has 1 N–H and O–H groups in total. The summed E-state index contributed by atoms with van der Waals surface area (Å²) in [7, 11) is -1.96. The van der Waals surface area contributed by atoms with Crippen LogP contribution < -0.4 is 14.2 Å². The van der Waals surface area contributed by atoms with Crippen LogP contribution in [0.1, 0.15) is 141 Å². The number of rotatable bonds is 21. The first-order chi connectivity index (χ1) is 39.8. The van der Waals surface area contributed by atoms with Crippen LogP contribution in [0.25, 0.3) is 21.5 Å². The number of hydrogen-bond donors (Lipinski definition) is 1. The number of phenolic OH excluding ortho intramolecular Hbond substituents is 1. The number of benzene rings is 10. The van der Waals surface area contributed by atoms with Gasteiger partial charge in [-0.15, -0.1) is 0 Å². The van der Waals surface area contributed by atoms with E-state index in [-0.39, 0.29) is 0 Å². The molecule has 4 unspecified atom stereocenters. The van der Waals surface area contributed by atoms with E-state index >= 15 is 0 Å². The van der Waals surface area contributed by atoms with Crippen molar-refractivity contribution in [2.24, 2.45) is 0 Å². The SMILES string of the molecule is CCC(CC(C)c1ccc(O)cc1)c1ccc(N(c2ccccc2)c2ccc3ccccc3c2)cc1.CCC(CC(C)c1ccc(O[Si](C(C)C)(C(C)C)C(C)C)cc1)c1ccc(N(c2ccccc2)c2ccc3ccccc3c2)cc1. The molecule has 420 valence electrons. The lowest BCUT2D eigenvalue weighted by Gasteiger charge is -2.42. The maximum absolute atomic E-state index is 9.63. The van der Waals surface area contributed by atoms with E-state index in [4.69, 9.17) is 4.43 Å². The summed E-state index contributed by atoms with van der Waals surface area (Å²) in [5, 5.41) is 14.6. The van der Waals surface area contributed by atoms with E-state index in [9.17, 15) is 5.11 Å². The van der Waals surface area contributed by atoms with Crippen molar-refractivity contribution in [3.8, 4) is 11.5 Å². The number of aromatic hydroxyl groups is 1. The number of phenols is 1. The molecule has 0 aromatic heterocycles. The number of hydrogen-bond acceptors (Lipinski definition) is 4. The molecule has 10 aromatic rings. The van der Waals surface area contributed by atoms with Crippen LogP contribution in [0.5, 0.6) is 11.5 Å². The summed E-state index contributed by atoms with van der Waals surface area (Å²) in [4.78, 5) is 4.69. The van der Waals surface area contributed by atoms with Crippen molar-refractivity contribution in [2.75, 3.05) is 9.80 Å². The van der Waals surface area contributed by atoms with Crippen molar-refractivity contribution in [1.29, 1.82) is 0 Å². The molecule has 4 atom stereocenters. The highest BCUT2D eigenvalue weighted by Gasteiger charge is 2.47. The second-order valence-electron chi connectivity index (χ2n) is 23.7. The van der Waals surface area contributed by atoms with Crippen LogP contribution in [0.4, 0.5) is 34.1 Å². The van der Waals surface area contributed by atoms with Gasteiger partial charge in [0.05, 0.1) is 0 Å². The van der Waals surface area contributed by atoms with Crippen molar-refractivity contribution in [1.82, 2.24) is 0 Å². The van der Waals surface area contributed by atoms with Crippen molar-refractivity contribution >= 4 is 64.0 Å². The molecule has 82 heavy (non-hydrogen) atoms. The van der Waals surface area contributed by atoms with Gasteiger partial charge in [-0.1, -0.05) is 215 Å². The Morgan fingerprint density at radius 3 is 1.02 bits per heavy atom. The Labute approximate surface area is 492 Å². The van der Waals surface area contributed by atoms with Gasteiger partial charge in [0, 0.05) is 34.1 Å². The van der Waals surface area contributed by atoms with Crippen molar-refractivity contribution in [2.45, 2.75) is 135 Å². The van der Waals surface area contributed by atoms with E-state index in [1.807, 2.05) is 12.1 Å². The van der Waals surface area contributed by atoms with E-state index in [1.165, 1.54) is 55.2 Å². The van der Waals surface area contributed by atoms with E-state index in [0.717, 1.165) is 54.2 Å². The highest BCUT2D eigenvalue weighted by Crippen LogP contribution is 2.44. The quantitative estimate of drug-likeness (QED) is 0.0728. The zero-order valence-corrected chi connectivity index (χ0v) is 51.2. The van der Waals surface area contributed by atoms with Crippen LogP contribution in [0.15, 0.2) is 243 Å². The summed E-state index contributed by atoms with van der Waals surface area (Å²) in [6, 6.07) is 86.8. The normalized spacial score (nSPS) is 13.1. The molecule has 0 bridgehead atoms. The molecule has 5 heteroatoms. The van der Waals surface area contributed by atoms with E-state index in [1.54, 1.807) is 12.1 Å². The Morgan fingerprint density at radius 2 is 0.659 bits per heavy atom. The summed E-state index contributed by atoms with van der Waals surface area (Å²) in [5.41, 5.74) is 14.1. The maximum Gasteiger partial charge on any atom is 0.258 e. The van der Waals surface area contributed by atoms with Gasteiger partial charge in [0.2, 0.25) is 0 Å². The molecule has 0 saturated carbocycles. The molecule has 0 saturated heterocycles. The molecule has 0 heterocycles. The zero-order valence-electron chi connectivity index (χ0n) is 50.2. The van der Waals surface area contributed by atoms with Gasteiger partial charge in [-0.25, -0.2) is 0 Å². The Morgan fingerprint density at radius 1 is 0.341 bits per heavy atom. The molecule has 0 amide bonds. The molecule has 4 nitrogen and oxygen atoms in total. The van der Waals surface area contributed by atoms with Crippen LogP contribution in [0.3, 0.4) is 0 Å². The third-order valence-corrected chi connectivity index (χ3v) is 23.4. The predicted molar refractivity (Wildman–Crippen MR) is 356 cm³/mol. The van der Waals surface area contributed by atoms with E-state index in [0.29, 0.717) is 46.0 Å². The Bertz CT molecular complexity index is 3540. The molecular weight excluding hydrogens is 1010 g/mol. The molecule has 10 aromatic carbocycles. The minimum Gasteiger partial charge on any atom is -0.543 e. The summed E-state index contributed by atoms with van der Waals surface area (Å²) < 4.78 is 6.94. The number of para-hydroxylation sites is 2. The summed E-state index contributed by atoms with van der Waals surface area (Å²) in [5.74, 6) is 3.22. The standard InChI is InChI=1S/C43H53NOSi.C34H33NO/c1-9-35(29-34(8)36-22-27-43(28-23-36)45-46(31(2)3,32(4)5)33(6)7)38-19-24-41(25-20-38)44(40-17-11-10-12-18-40)42-26-21-37-15-13-14-16-39(37)30-42;1-3-26(23-25(2)27-16-21-34(36)22-17-27)29-13-18-32(19-14-29)35(31-11-5-4-6-12-31)33-20-15-28-9-7-8-10-30(28)24-33/h10-28,30-35H,9,29H2,1-8H3;4-22,24-26,36H,3,23H2,1-2H3. The summed E-state index contributed by atoms with van der Waals surface area (Å²) >= 11 is 0. The third-order valence-electron chi connectivity index (χ3n) is 17.4. The Kier molecular flexibility index (Phi) is 19.5. The summed E-state index contributed by atoms with van der Waals surface area (Å²) in [6.45, 7) is 23.3. The molecule has 0 spiro atoms. The lowest BCUT2D eigenvalue weighted by Crippen LogP contribution is -2.50. The average Bonchev–Trinajstić information content (AvgIpc) is 3.57. The average molecular weight is 1100 g/mol. The van der Waals surface area contributed by atoms with Gasteiger partial charge in [-0.05, 0) is 207 Å². The minimum absolute atomic E-state index is 0.322. The highest BCUT2D eigenvalue weighted by atomic mass is 28.4. The van der Waals surface area contributed by atoms with Crippen LogP contribution in [0.2, 0.25) is 16.6 Å². The molecule has 10 rings (SSSR count). The first-order valence-electron chi connectivity index (χ1n) is 30.2. The van der Waals surface area contributed by atoms with Crippen LogP contribution >= 0.6 is 0 Å². The van der Waals surface area contributed by atoms with E-state index in [2.05, 4.69) is 297 Å². The first-order valence-corrected chi connectivity index (χ1v) is 32.4. The van der Waals surface area contributed by atoms with Gasteiger partial charge >= 0.3 is 0 Å². The van der Waals surface area contributed by atoms with Crippen molar-refractivity contribution in [3.05, 3.63) is 265 Å². The van der Waals surface area contributed by atoms with Gasteiger partial charge < -0.3 is 19.3 Å². The Hall–Kier alpha value is -7.86.